The third kappa shape index (κ3) is 9.90. The van der Waals surface area contributed by atoms with Crippen LogP contribution in [-0.4, -0.2) is 17.2 Å². The highest BCUT2D eigenvalue weighted by Crippen LogP contribution is 2.08. The molecule has 2 nitrogen and oxygen atoms in total. The molecule has 0 aromatic rings. The van der Waals surface area contributed by atoms with E-state index >= 15 is 0 Å². The van der Waals surface area contributed by atoms with Crippen molar-refractivity contribution in [3.05, 3.63) is 0 Å². The van der Waals surface area contributed by atoms with E-state index in [0.717, 1.165) is 19.3 Å². The molecule has 0 aliphatic carbocycles. The van der Waals surface area contributed by atoms with Crippen LogP contribution in [0.15, 0.2) is 0 Å². The molecule has 1 unspecified atom stereocenters. The Morgan fingerprint density at radius 1 is 1.21 bits per heavy atom. The lowest BCUT2D eigenvalue weighted by Gasteiger charge is -2.08. The fraction of sp³-hybridized carbons (Fsp3) is 0.909. The second-order valence-electron chi connectivity index (χ2n) is 4.17. The zero-order chi connectivity index (χ0) is 11.0. The van der Waals surface area contributed by atoms with Crippen LogP contribution in [-0.2, 0) is 4.79 Å². The number of unbranched alkanes of at least 4 members (excludes halogenated alkanes) is 2. The molecular formula is C11H23NOS. The summed E-state index contributed by atoms with van der Waals surface area (Å²) in [6.07, 6.45) is 5.13. The topological polar surface area (TPSA) is 29.1 Å². The van der Waals surface area contributed by atoms with Crippen molar-refractivity contribution in [3.63, 3.8) is 0 Å². The molecule has 14 heavy (non-hydrogen) atoms. The summed E-state index contributed by atoms with van der Waals surface area (Å²) < 4.78 is 0. The zero-order valence-electron chi connectivity index (χ0n) is 9.55. The minimum absolute atomic E-state index is 0.180. The van der Waals surface area contributed by atoms with Crippen LogP contribution in [0.25, 0.3) is 0 Å². The van der Waals surface area contributed by atoms with Gasteiger partial charge in [-0.15, -0.1) is 0 Å². The van der Waals surface area contributed by atoms with Gasteiger partial charge in [0.2, 0.25) is 5.91 Å². The first-order valence-corrected chi connectivity index (χ1v) is 6.01. The monoisotopic (exact) mass is 217 g/mol. The summed E-state index contributed by atoms with van der Waals surface area (Å²) in [5.41, 5.74) is 0. The van der Waals surface area contributed by atoms with Crippen LogP contribution < -0.4 is 5.32 Å². The van der Waals surface area contributed by atoms with Gasteiger partial charge in [0.05, 0.1) is 0 Å². The van der Waals surface area contributed by atoms with Crippen LogP contribution in [0, 0.1) is 0 Å². The quantitative estimate of drug-likeness (QED) is 0.498. The van der Waals surface area contributed by atoms with E-state index in [0.29, 0.717) is 11.7 Å². The summed E-state index contributed by atoms with van der Waals surface area (Å²) in [6, 6.07) is 0.264. The molecule has 0 saturated carbocycles. The maximum absolute atomic E-state index is 11.2. The van der Waals surface area contributed by atoms with Crippen molar-refractivity contribution in [2.24, 2.45) is 0 Å². The van der Waals surface area contributed by atoms with Gasteiger partial charge in [-0.25, -0.2) is 0 Å². The summed E-state index contributed by atoms with van der Waals surface area (Å²) in [7, 11) is 0. The van der Waals surface area contributed by atoms with E-state index in [1.54, 1.807) is 0 Å². The fourth-order valence-corrected chi connectivity index (χ4v) is 1.48. The average molecular weight is 217 g/mol. The predicted molar refractivity (Wildman–Crippen MR) is 64.8 cm³/mol. The normalized spacial score (nSPS) is 12.9. The molecule has 3 heteroatoms. The van der Waals surface area contributed by atoms with Crippen LogP contribution in [0.1, 0.15) is 52.9 Å². The van der Waals surface area contributed by atoms with Crippen molar-refractivity contribution < 1.29 is 4.79 Å². The Morgan fingerprint density at radius 2 is 1.86 bits per heavy atom. The van der Waals surface area contributed by atoms with Crippen molar-refractivity contribution in [3.8, 4) is 0 Å². The summed E-state index contributed by atoms with van der Waals surface area (Å²) in [5, 5.41) is 3.37. The van der Waals surface area contributed by atoms with Crippen molar-refractivity contribution in [1.29, 1.82) is 0 Å². The Kier molecular flexibility index (Phi) is 8.05. The summed E-state index contributed by atoms with van der Waals surface area (Å²) in [4.78, 5) is 11.2. The third-order valence-corrected chi connectivity index (χ3v) is 2.23. The molecule has 0 aromatic heterocycles. The number of hydrogen-bond donors (Lipinski definition) is 2. The van der Waals surface area contributed by atoms with Crippen LogP contribution in [0.3, 0.4) is 0 Å². The lowest BCUT2D eigenvalue weighted by atomic mass is 10.1. The molecule has 0 fully saturated rings. The van der Waals surface area contributed by atoms with E-state index in [9.17, 15) is 4.79 Å². The molecule has 0 aliphatic heterocycles. The molecule has 0 spiro atoms. The van der Waals surface area contributed by atoms with E-state index < -0.39 is 0 Å². The van der Waals surface area contributed by atoms with Gasteiger partial charge < -0.3 is 5.32 Å². The second kappa shape index (κ2) is 8.16. The third-order valence-electron chi connectivity index (χ3n) is 1.98. The zero-order valence-corrected chi connectivity index (χ0v) is 10.4. The molecule has 0 aromatic carbocycles. The molecule has 84 valence electrons. The number of thiol groups is 1. The molecule has 1 atom stereocenters. The summed E-state index contributed by atoms with van der Waals surface area (Å²) in [6.45, 7) is 6.08. The molecule has 0 aliphatic rings. The highest BCUT2D eigenvalue weighted by atomic mass is 32.1. The lowest BCUT2D eigenvalue weighted by Crippen LogP contribution is -2.29. The Morgan fingerprint density at radius 3 is 2.36 bits per heavy atom. The van der Waals surface area contributed by atoms with Crippen LogP contribution in [0.2, 0.25) is 0 Å². The van der Waals surface area contributed by atoms with Crippen molar-refractivity contribution in [2.45, 2.75) is 64.2 Å². The van der Waals surface area contributed by atoms with Gasteiger partial charge in [-0.3, -0.25) is 4.79 Å². The molecule has 0 bridgehead atoms. The van der Waals surface area contributed by atoms with Crippen molar-refractivity contribution in [1.82, 2.24) is 5.32 Å². The van der Waals surface area contributed by atoms with Crippen LogP contribution in [0.5, 0.6) is 0 Å². The van der Waals surface area contributed by atoms with Gasteiger partial charge in [0.1, 0.15) is 0 Å². The van der Waals surface area contributed by atoms with Gasteiger partial charge in [-0.1, -0.05) is 19.8 Å². The minimum Gasteiger partial charge on any atom is -0.354 e. The minimum atomic E-state index is 0.180. The maximum Gasteiger partial charge on any atom is 0.220 e. The first-order chi connectivity index (χ1) is 6.52. The molecular weight excluding hydrogens is 194 g/mol. The number of carbonyl (C=O) groups excluding carboxylic acids is 1. The summed E-state index contributed by atoms with van der Waals surface area (Å²) in [5.74, 6) is 0.180. The largest absolute Gasteiger partial charge is 0.354 e. The Labute approximate surface area is 93.3 Å². The van der Waals surface area contributed by atoms with E-state index in [4.69, 9.17) is 0 Å². The van der Waals surface area contributed by atoms with Gasteiger partial charge in [0.25, 0.3) is 0 Å². The SMILES string of the molecule is CC(S)CCCCCC(=O)NC(C)C. The lowest BCUT2D eigenvalue weighted by molar-refractivity contribution is -0.121. The smallest absolute Gasteiger partial charge is 0.220 e. The Bertz CT molecular complexity index is 157. The Hall–Kier alpha value is -0.180. The molecule has 1 amide bonds. The second-order valence-corrected chi connectivity index (χ2v) is 5.05. The molecule has 0 heterocycles. The first-order valence-electron chi connectivity index (χ1n) is 5.49. The highest BCUT2D eigenvalue weighted by molar-refractivity contribution is 7.80. The highest BCUT2D eigenvalue weighted by Gasteiger charge is 2.02. The van der Waals surface area contributed by atoms with Gasteiger partial charge in [0, 0.05) is 12.5 Å². The van der Waals surface area contributed by atoms with Gasteiger partial charge in [-0.2, -0.15) is 12.6 Å². The Balaban J connectivity index is 3.23. The molecule has 0 saturated heterocycles. The maximum atomic E-state index is 11.2. The number of hydrogen-bond acceptors (Lipinski definition) is 2. The fourth-order valence-electron chi connectivity index (χ4n) is 1.30. The van der Waals surface area contributed by atoms with E-state index in [1.165, 1.54) is 6.42 Å². The van der Waals surface area contributed by atoms with Crippen molar-refractivity contribution in [2.75, 3.05) is 0 Å². The predicted octanol–water partition coefficient (Wildman–Crippen LogP) is 2.78. The van der Waals surface area contributed by atoms with E-state index in [-0.39, 0.29) is 11.9 Å². The molecule has 0 radical (unpaired) electrons. The number of nitrogens with one attached hydrogen (secondary N) is 1. The van der Waals surface area contributed by atoms with E-state index in [2.05, 4.69) is 24.9 Å². The van der Waals surface area contributed by atoms with Crippen molar-refractivity contribution >= 4 is 18.5 Å². The van der Waals surface area contributed by atoms with Gasteiger partial charge >= 0.3 is 0 Å². The van der Waals surface area contributed by atoms with Gasteiger partial charge in [-0.05, 0) is 31.9 Å². The molecule has 0 rings (SSSR count). The number of rotatable bonds is 7. The average Bonchev–Trinajstić information content (AvgIpc) is 2.01. The standard InChI is InChI=1S/C11H23NOS/c1-9(2)12-11(13)8-6-4-5-7-10(3)14/h9-10,14H,4-8H2,1-3H3,(H,12,13). The molecule has 1 N–H and O–H groups in total. The number of amides is 1. The number of carbonyl (C=O) groups is 1. The first kappa shape index (κ1) is 13.8. The van der Waals surface area contributed by atoms with Gasteiger partial charge in [0.15, 0.2) is 0 Å². The van der Waals surface area contributed by atoms with E-state index in [1.807, 2.05) is 13.8 Å². The summed E-state index contributed by atoms with van der Waals surface area (Å²) >= 11 is 4.31. The van der Waals surface area contributed by atoms with Crippen LogP contribution in [0.4, 0.5) is 0 Å². The van der Waals surface area contributed by atoms with Crippen LogP contribution >= 0.6 is 12.6 Å².